The van der Waals surface area contributed by atoms with Gasteiger partial charge in [-0.2, -0.15) is 13.2 Å². The van der Waals surface area contributed by atoms with Crippen molar-refractivity contribution in [2.45, 2.75) is 17.1 Å². The van der Waals surface area contributed by atoms with Crippen LogP contribution in [0.5, 0.6) is 0 Å². The molecule has 0 aromatic heterocycles. The number of aliphatic imine (C=N–C) groups is 1. The summed E-state index contributed by atoms with van der Waals surface area (Å²) < 4.78 is 71.0. The fourth-order valence-corrected chi connectivity index (χ4v) is 6.20. The van der Waals surface area contributed by atoms with Gasteiger partial charge in [0, 0.05) is 28.1 Å². The summed E-state index contributed by atoms with van der Waals surface area (Å²) in [5, 5.41) is 5.38. The first-order valence-corrected chi connectivity index (χ1v) is 16.8. The predicted molar refractivity (Wildman–Crippen MR) is 182 cm³/mol. The van der Waals surface area contributed by atoms with Gasteiger partial charge in [-0.1, -0.05) is 84.4 Å². The minimum absolute atomic E-state index is 0.0828. The van der Waals surface area contributed by atoms with Crippen molar-refractivity contribution in [1.29, 1.82) is 0 Å². The molecule has 5 rings (SSSR count). The van der Waals surface area contributed by atoms with Crippen molar-refractivity contribution in [3.8, 4) is 0 Å². The number of ether oxygens (including phenoxy) is 1. The topological polar surface area (TPSA) is 134 Å². The zero-order valence-corrected chi connectivity index (χ0v) is 27.5. The van der Waals surface area contributed by atoms with E-state index < -0.39 is 64.4 Å². The van der Waals surface area contributed by atoms with Crippen LogP contribution >= 0.6 is 11.6 Å². The van der Waals surface area contributed by atoms with Gasteiger partial charge in [0.15, 0.2) is 15.9 Å². The molecule has 3 amide bonds. The number of hydrogen-bond acceptors (Lipinski definition) is 7. The molecular formula is C35H28ClF3N4O6S. The number of halogens is 4. The highest BCUT2D eigenvalue weighted by atomic mass is 35.5. The number of carbonyl (C=O) groups excluding carboxylic acids is 3. The van der Waals surface area contributed by atoms with Gasteiger partial charge in [0.05, 0.1) is 27.5 Å². The number of rotatable bonds is 10. The quantitative estimate of drug-likeness (QED) is 0.198. The van der Waals surface area contributed by atoms with Crippen LogP contribution in [0.3, 0.4) is 0 Å². The summed E-state index contributed by atoms with van der Waals surface area (Å²) in [5.74, 6) is -1.38. The van der Waals surface area contributed by atoms with Crippen molar-refractivity contribution in [2.24, 2.45) is 4.99 Å². The summed E-state index contributed by atoms with van der Waals surface area (Å²) in [6, 6.07) is 24.6. The third-order valence-corrected chi connectivity index (χ3v) is 9.01. The van der Waals surface area contributed by atoms with Crippen LogP contribution in [0.1, 0.15) is 16.7 Å². The molecule has 0 unspecified atom stereocenters. The van der Waals surface area contributed by atoms with Gasteiger partial charge in [0.25, 0.3) is 5.91 Å². The Balaban J connectivity index is 1.37. The lowest BCUT2D eigenvalue weighted by Gasteiger charge is -2.24. The molecule has 4 aromatic carbocycles. The van der Waals surface area contributed by atoms with Crippen LogP contribution < -0.4 is 15.5 Å². The first-order valence-electron chi connectivity index (χ1n) is 14.9. The number of fused-ring (bicyclic) bond motifs is 1. The van der Waals surface area contributed by atoms with E-state index >= 15 is 0 Å². The molecule has 10 nitrogen and oxygen atoms in total. The first-order chi connectivity index (χ1) is 23.8. The average molecular weight is 725 g/mol. The maximum Gasteiger partial charge on any atom is 0.418 e. The largest absolute Gasteiger partial charge is 0.446 e. The molecule has 0 radical (unpaired) electrons. The van der Waals surface area contributed by atoms with Gasteiger partial charge < -0.3 is 15.0 Å². The van der Waals surface area contributed by atoms with E-state index in [2.05, 4.69) is 10.3 Å². The van der Waals surface area contributed by atoms with E-state index in [1.54, 1.807) is 72.8 Å². The molecule has 2 N–H and O–H groups in total. The van der Waals surface area contributed by atoms with Gasteiger partial charge >= 0.3 is 12.3 Å². The van der Waals surface area contributed by atoms with Crippen LogP contribution in [0.4, 0.5) is 29.3 Å². The summed E-state index contributed by atoms with van der Waals surface area (Å²) >= 11 is 5.73. The van der Waals surface area contributed by atoms with Gasteiger partial charge in [-0.25, -0.2) is 13.2 Å². The number of para-hydroxylation sites is 1. The van der Waals surface area contributed by atoms with Gasteiger partial charge in [0.1, 0.15) is 13.2 Å². The van der Waals surface area contributed by atoms with Gasteiger partial charge in [-0.15, -0.1) is 0 Å². The molecule has 15 heteroatoms. The number of amides is 3. The van der Waals surface area contributed by atoms with Gasteiger partial charge in [-0.05, 0) is 36.4 Å². The Labute approximate surface area is 290 Å². The molecule has 0 bridgehead atoms. The number of hydrogen-bond donors (Lipinski definition) is 2. The fraction of sp³-hybridized carbons (Fsp3) is 0.143. The van der Waals surface area contributed by atoms with Crippen molar-refractivity contribution in [3.63, 3.8) is 0 Å². The maximum absolute atomic E-state index is 14.0. The lowest BCUT2D eigenvalue weighted by atomic mass is 10.0. The van der Waals surface area contributed by atoms with E-state index in [1.807, 2.05) is 5.32 Å². The standard InChI is InChI=1S/C35H28ClF3N4O6S/c36-24-16-17-28(27(20-24)35(37,38)39)42-34(46)49-22-29-33(45)43(21-31(44)40-18-9-19-50(47,48)25-12-5-2-6-13-25)30-15-8-7-14-26(30)32(41-29)23-10-3-1-4-11-23/h1-17,19-20,29H,18,21-22H2,(H,40,44)(H,42,46)/b19-9+/t29-/m1/s1. The van der Waals surface area contributed by atoms with Crippen LogP contribution in [0.25, 0.3) is 0 Å². The number of alkyl halides is 3. The number of benzene rings is 4. The van der Waals surface area contributed by atoms with Crippen molar-refractivity contribution < 1.29 is 40.7 Å². The second-order valence-electron chi connectivity index (χ2n) is 10.7. The number of carbonyl (C=O) groups is 3. The lowest BCUT2D eigenvalue weighted by Crippen LogP contribution is -2.46. The molecule has 0 aliphatic carbocycles. The third-order valence-electron chi connectivity index (χ3n) is 7.30. The van der Waals surface area contributed by atoms with Crippen molar-refractivity contribution in [3.05, 3.63) is 136 Å². The Bertz CT molecular complexity index is 2060. The molecular weight excluding hydrogens is 697 g/mol. The zero-order chi connectivity index (χ0) is 35.9. The highest BCUT2D eigenvalue weighted by Gasteiger charge is 2.36. The van der Waals surface area contributed by atoms with Crippen LogP contribution in [0, 0.1) is 0 Å². The number of benzodiazepines with no additional fused rings is 1. The highest BCUT2D eigenvalue weighted by molar-refractivity contribution is 7.94. The number of nitrogens with one attached hydrogen (secondary N) is 2. The molecule has 50 heavy (non-hydrogen) atoms. The maximum atomic E-state index is 14.0. The monoisotopic (exact) mass is 724 g/mol. The molecule has 1 atom stereocenters. The SMILES string of the molecule is O=C(CN1C(=O)[C@@H](COC(=O)Nc2ccc(Cl)cc2C(F)(F)F)N=C(c2ccccc2)c2ccccc21)NC/C=C/S(=O)(=O)c1ccccc1. The third kappa shape index (κ3) is 8.76. The molecule has 0 saturated carbocycles. The molecule has 4 aromatic rings. The normalized spacial score (nSPS) is 14.8. The highest BCUT2D eigenvalue weighted by Crippen LogP contribution is 2.36. The zero-order valence-electron chi connectivity index (χ0n) is 25.9. The van der Waals surface area contributed by atoms with Crippen molar-refractivity contribution in [2.75, 3.05) is 29.9 Å². The van der Waals surface area contributed by atoms with E-state index in [4.69, 9.17) is 16.3 Å². The van der Waals surface area contributed by atoms with E-state index in [0.29, 0.717) is 28.6 Å². The second kappa shape index (κ2) is 15.4. The second-order valence-corrected chi connectivity index (χ2v) is 13.0. The Morgan fingerprint density at radius 1 is 0.940 bits per heavy atom. The lowest BCUT2D eigenvalue weighted by molar-refractivity contribution is -0.137. The van der Waals surface area contributed by atoms with Gasteiger partial charge in [-0.3, -0.25) is 19.9 Å². The minimum atomic E-state index is -4.83. The van der Waals surface area contributed by atoms with Crippen LogP contribution in [-0.4, -0.2) is 57.8 Å². The number of anilines is 2. The predicted octanol–water partition coefficient (Wildman–Crippen LogP) is 6.26. The van der Waals surface area contributed by atoms with E-state index in [-0.39, 0.29) is 16.5 Å². The summed E-state index contributed by atoms with van der Waals surface area (Å²) in [6.45, 7) is -1.38. The molecule has 1 heterocycles. The summed E-state index contributed by atoms with van der Waals surface area (Å²) in [4.78, 5) is 45.7. The molecule has 0 spiro atoms. The van der Waals surface area contributed by atoms with Crippen LogP contribution in [0.2, 0.25) is 5.02 Å². The Morgan fingerprint density at radius 2 is 1.60 bits per heavy atom. The summed E-state index contributed by atoms with van der Waals surface area (Å²) in [6.07, 6.45) is -4.86. The number of sulfone groups is 1. The Morgan fingerprint density at radius 3 is 2.30 bits per heavy atom. The Hall–Kier alpha value is -5.47. The van der Waals surface area contributed by atoms with Crippen LogP contribution in [-0.2, 0) is 30.3 Å². The molecule has 258 valence electrons. The smallest absolute Gasteiger partial charge is 0.418 e. The number of nitrogens with zero attached hydrogens (tertiary/aromatic N) is 2. The molecule has 1 aliphatic heterocycles. The van der Waals surface area contributed by atoms with E-state index in [9.17, 15) is 36.0 Å². The average Bonchev–Trinajstić information content (AvgIpc) is 3.21. The van der Waals surface area contributed by atoms with E-state index in [0.717, 1.165) is 22.4 Å². The van der Waals surface area contributed by atoms with Crippen LogP contribution in [0.15, 0.2) is 125 Å². The molecule has 0 saturated heterocycles. The van der Waals surface area contributed by atoms with E-state index in [1.165, 1.54) is 18.2 Å². The van der Waals surface area contributed by atoms with Gasteiger partial charge in [0.2, 0.25) is 5.91 Å². The van der Waals surface area contributed by atoms with Crippen molar-refractivity contribution >= 4 is 56.4 Å². The summed E-state index contributed by atoms with van der Waals surface area (Å²) in [7, 11) is -3.74. The Kier molecular flexibility index (Phi) is 11.0. The molecule has 0 fully saturated rings. The minimum Gasteiger partial charge on any atom is -0.446 e. The molecule has 1 aliphatic rings. The fourth-order valence-electron chi connectivity index (χ4n) is 4.98. The van der Waals surface area contributed by atoms with Crippen molar-refractivity contribution in [1.82, 2.24) is 5.32 Å². The first kappa shape index (κ1) is 35.8. The summed E-state index contributed by atoms with van der Waals surface area (Å²) in [5.41, 5.74) is -0.0511.